The molecule has 0 spiro atoms. The normalized spacial score (nSPS) is 21.8. The van der Waals surface area contributed by atoms with Crippen LogP contribution in [-0.2, 0) is 9.53 Å². The third-order valence-electron chi connectivity index (χ3n) is 2.91. The summed E-state index contributed by atoms with van der Waals surface area (Å²) in [5.74, 6) is -0.871. The van der Waals surface area contributed by atoms with Crippen molar-refractivity contribution >= 4 is 35.0 Å². The van der Waals surface area contributed by atoms with E-state index in [2.05, 4.69) is 4.74 Å². The summed E-state index contributed by atoms with van der Waals surface area (Å²) in [6, 6.07) is 6.81. The second kappa shape index (κ2) is 4.31. The van der Waals surface area contributed by atoms with Gasteiger partial charge in [-0.3, -0.25) is 4.79 Å². The van der Waals surface area contributed by atoms with E-state index >= 15 is 0 Å². The van der Waals surface area contributed by atoms with Crippen molar-refractivity contribution in [2.75, 3.05) is 7.11 Å². The molecule has 1 aromatic rings. The van der Waals surface area contributed by atoms with E-state index in [1.165, 1.54) is 7.11 Å². The molecule has 1 aliphatic carbocycles. The minimum absolute atomic E-state index is 0.186. The average Bonchev–Trinajstić information content (AvgIpc) is 2.34. The number of hydrogen-bond donors (Lipinski definition) is 0. The molecule has 17 heavy (non-hydrogen) atoms. The first-order chi connectivity index (χ1) is 7.96. The SMILES string of the molecule is COC(=O)c1cccc([C@@H]2CC(=O)C2(Cl)Cl)c1. The summed E-state index contributed by atoms with van der Waals surface area (Å²) in [5, 5.41) is 0. The quantitative estimate of drug-likeness (QED) is 0.614. The van der Waals surface area contributed by atoms with Crippen LogP contribution in [0.2, 0.25) is 0 Å². The van der Waals surface area contributed by atoms with Crippen LogP contribution in [0.15, 0.2) is 24.3 Å². The van der Waals surface area contributed by atoms with Crippen molar-refractivity contribution in [2.24, 2.45) is 0 Å². The lowest BCUT2D eigenvalue weighted by Crippen LogP contribution is -2.45. The molecule has 0 amide bonds. The Hall–Kier alpha value is -1.06. The van der Waals surface area contributed by atoms with E-state index in [0.29, 0.717) is 12.0 Å². The molecule has 1 aliphatic rings. The van der Waals surface area contributed by atoms with E-state index in [4.69, 9.17) is 23.2 Å². The first-order valence-electron chi connectivity index (χ1n) is 5.06. The minimum atomic E-state index is -1.37. The molecule has 1 saturated carbocycles. The summed E-state index contributed by atoms with van der Waals surface area (Å²) in [6.45, 7) is 0. The van der Waals surface area contributed by atoms with Gasteiger partial charge in [0.05, 0.1) is 12.7 Å². The summed E-state index contributed by atoms with van der Waals surface area (Å²) in [7, 11) is 1.31. The maximum atomic E-state index is 11.4. The van der Waals surface area contributed by atoms with Gasteiger partial charge >= 0.3 is 5.97 Å². The van der Waals surface area contributed by atoms with Crippen molar-refractivity contribution in [3.8, 4) is 0 Å². The van der Waals surface area contributed by atoms with Crippen LogP contribution in [0.1, 0.15) is 28.3 Å². The van der Waals surface area contributed by atoms with Gasteiger partial charge in [0.1, 0.15) is 0 Å². The number of benzene rings is 1. The number of alkyl halides is 2. The number of carbonyl (C=O) groups excluding carboxylic acids is 2. The Morgan fingerprint density at radius 3 is 2.71 bits per heavy atom. The summed E-state index contributed by atoms with van der Waals surface area (Å²) >= 11 is 11.8. The first-order valence-corrected chi connectivity index (χ1v) is 5.82. The van der Waals surface area contributed by atoms with Gasteiger partial charge in [-0.25, -0.2) is 4.79 Å². The number of ketones is 1. The Labute approximate surface area is 109 Å². The highest BCUT2D eigenvalue weighted by atomic mass is 35.5. The molecule has 1 atom stereocenters. The number of hydrogen-bond acceptors (Lipinski definition) is 3. The summed E-state index contributed by atoms with van der Waals surface area (Å²) in [5.41, 5.74) is 1.20. The van der Waals surface area contributed by atoms with Crippen LogP contribution in [0.5, 0.6) is 0 Å². The number of methoxy groups -OCH3 is 1. The Morgan fingerprint density at radius 2 is 2.18 bits per heavy atom. The molecule has 3 nitrogen and oxygen atoms in total. The second-order valence-corrected chi connectivity index (χ2v) is 5.31. The van der Waals surface area contributed by atoms with Crippen LogP contribution < -0.4 is 0 Å². The molecule has 2 rings (SSSR count). The van der Waals surface area contributed by atoms with Gasteiger partial charge in [0.2, 0.25) is 0 Å². The zero-order valence-corrected chi connectivity index (χ0v) is 10.6. The molecule has 0 N–H and O–H groups in total. The van der Waals surface area contributed by atoms with Gasteiger partial charge in [0.15, 0.2) is 10.1 Å². The van der Waals surface area contributed by atoms with Crippen LogP contribution in [-0.4, -0.2) is 23.2 Å². The molecule has 90 valence electrons. The number of rotatable bonds is 2. The van der Waals surface area contributed by atoms with Crippen molar-refractivity contribution in [1.29, 1.82) is 0 Å². The average molecular weight is 273 g/mol. The van der Waals surface area contributed by atoms with Crippen LogP contribution in [0.4, 0.5) is 0 Å². The predicted octanol–water partition coefficient (Wildman–Crippen LogP) is 2.70. The summed E-state index contributed by atoms with van der Waals surface area (Å²) in [4.78, 5) is 22.6. The zero-order chi connectivity index (χ0) is 12.6. The fraction of sp³-hybridized carbons (Fsp3) is 0.333. The third kappa shape index (κ3) is 2.05. The summed E-state index contributed by atoms with van der Waals surface area (Å²) < 4.78 is 3.26. The van der Waals surface area contributed by atoms with E-state index in [1.54, 1.807) is 24.3 Å². The van der Waals surface area contributed by atoms with E-state index in [1.807, 2.05) is 0 Å². The fourth-order valence-corrected chi connectivity index (χ4v) is 2.40. The van der Waals surface area contributed by atoms with Gasteiger partial charge in [0.25, 0.3) is 0 Å². The largest absolute Gasteiger partial charge is 0.465 e. The van der Waals surface area contributed by atoms with Gasteiger partial charge in [-0.05, 0) is 17.7 Å². The lowest BCUT2D eigenvalue weighted by molar-refractivity contribution is -0.125. The highest BCUT2D eigenvalue weighted by Gasteiger charge is 2.53. The number of esters is 1. The van der Waals surface area contributed by atoms with Crippen molar-refractivity contribution in [3.63, 3.8) is 0 Å². The highest BCUT2D eigenvalue weighted by Crippen LogP contribution is 2.50. The highest BCUT2D eigenvalue weighted by molar-refractivity contribution is 6.61. The van der Waals surface area contributed by atoms with Crippen LogP contribution in [0.25, 0.3) is 0 Å². The zero-order valence-electron chi connectivity index (χ0n) is 9.07. The van der Waals surface area contributed by atoms with Crippen molar-refractivity contribution in [1.82, 2.24) is 0 Å². The molecule has 0 bridgehead atoms. The van der Waals surface area contributed by atoms with Gasteiger partial charge in [-0.1, -0.05) is 35.3 Å². The Balaban J connectivity index is 2.29. The summed E-state index contributed by atoms with van der Waals surface area (Å²) in [6.07, 6.45) is 0.303. The molecule has 0 aromatic heterocycles. The smallest absolute Gasteiger partial charge is 0.337 e. The van der Waals surface area contributed by atoms with E-state index < -0.39 is 10.3 Å². The Morgan fingerprint density at radius 1 is 1.47 bits per heavy atom. The lowest BCUT2D eigenvalue weighted by Gasteiger charge is -2.38. The number of carbonyl (C=O) groups is 2. The lowest BCUT2D eigenvalue weighted by atomic mass is 9.77. The standard InChI is InChI=1S/C12H10Cl2O3/c1-17-11(16)8-4-2-3-7(5-8)9-6-10(15)12(9,13)14/h2-5,9H,6H2,1H3/t9-/m0/s1. The monoisotopic (exact) mass is 272 g/mol. The topological polar surface area (TPSA) is 43.4 Å². The molecule has 1 aromatic carbocycles. The molecule has 0 saturated heterocycles. The van der Waals surface area contributed by atoms with Gasteiger partial charge in [-0.15, -0.1) is 0 Å². The van der Waals surface area contributed by atoms with Crippen LogP contribution in [0, 0.1) is 0 Å². The molecule has 0 radical (unpaired) electrons. The van der Waals surface area contributed by atoms with Crippen LogP contribution in [0.3, 0.4) is 0 Å². The molecule has 1 fully saturated rings. The van der Waals surface area contributed by atoms with Crippen molar-refractivity contribution in [2.45, 2.75) is 16.7 Å². The Bertz CT molecular complexity index is 482. The van der Waals surface area contributed by atoms with Crippen molar-refractivity contribution < 1.29 is 14.3 Å². The van der Waals surface area contributed by atoms with E-state index in [9.17, 15) is 9.59 Å². The molecule has 0 heterocycles. The number of Topliss-reactive ketones (excluding diaryl/α,β-unsaturated/α-hetero) is 1. The van der Waals surface area contributed by atoms with E-state index in [-0.39, 0.29) is 11.7 Å². The molecule has 5 heteroatoms. The molecule has 0 aliphatic heterocycles. The van der Waals surface area contributed by atoms with Crippen LogP contribution >= 0.6 is 23.2 Å². The maximum Gasteiger partial charge on any atom is 0.337 e. The molecule has 0 unspecified atom stereocenters. The van der Waals surface area contributed by atoms with Gasteiger partial charge in [-0.2, -0.15) is 0 Å². The van der Waals surface area contributed by atoms with E-state index in [0.717, 1.165) is 5.56 Å². The fourth-order valence-electron chi connectivity index (χ4n) is 1.84. The molecular weight excluding hydrogens is 263 g/mol. The maximum absolute atomic E-state index is 11.4. The number of halogens is 2. The number of ether oxygens (including phenoxy) is 1. The molecular formula is C12H10Cl2O3. The van der Waals surface area contributed by atoms with Gasteiger partial charge < -0.3 is 4.74 Å². The second-order valence-electron chi connectivity index (χ2n) is 3.92. The third-order valence-corrected chi connectivity index (χ3v) is 3.86. The first kappa shape index (κ1) is 12.4. The predicted molar refractivity (Wildman–Crippen MR) is 64.6 cm³/mol. The minimum Gasteiger partial charge on any atom is -0.465 e. The Kier molecular flexibility index (Phi) is 3.15. The van der Waals surface area contributed by atoms with Gasteiger partial charge in [0, 0.05) is 12.3 Å². The van der Waals surface area contributed by atoms with Crippen molar-refractivity contribution in [3.05, 3.63) is 35.4 Å².